The van der Waals surface area contributed by atoms with Crippen LogP contribution in [0.3, 0.4) is 0 Å². The van der Waals surface area contributed by atoms with Gasteiger partial charge >= 0.3 is 0 Å². The smallest absolute Gasteiger partial charge is 0.229 e. The third-order valence-corrected chi connectivity index (χ3v) is 4.46. The Bertz CT molecular complexity index is 781. The molecule has 1 N–H and O–H groups in total. The van der Waals surface area contributed by atoms with E-state index < -0.39 is 0 Å². The molecule has 3 rings (SSSR count). The number of carbonyl (C=O) groups excluding carboxylic acids is 2. The fraction of sp³-hybridized carbons (Fsp3) is 0.300. The van der Waals surface area contributed by atoms with Crippen molar-refractivity contribution in [2.24, 2.45) is 5.92 Å². The number of rotatable bonds is 3. The molecule has 0 spiro atoms. The van der Waals surface area contributed by atoms with E-state index in [4.69, 9.17) is 0 Å². The van der Waals surface area contributed by atoms with Crippen molar-refractivity contribution < 1.29 is 9.59 Å². The van der Waals surface area contributed by atoms with E-state index in [1.54, 1.807) is 4.90 Å². The van der Waals surface area contributed by atoms with Gasteiger partial charge < -0.3 is 10.2 Å². The zero-order chi connectivity index (χ0) is 17.3. The minimum absolute atomic E-state index is 0.00556. The van der Waals surface area contributed by atoms with Gasteiger partial charge in [0.25, 0.3) is 0 Å². The minimum atomic E-state index is -0.320. The van der Waals surface area contributed by atoms with Crippen molar-refractivity contribution in [2.75, 3.05) is 16.8 Å². The first kappa shape index (κ1) is 16.2. The Labute approximate surface area is 142 Å². The summed E-state index contributed by atoms with van der Waals surface area (Å²) in [5.74, 6) is -0.412. The predicted octanol–water partition coefficient (Wildman–Crippen LogP) is 3.60. The van der Waals surface area contributed by atoms with E-state index in [0.29, 0.717) is 6.54 Å². The lowest BCUT2D eigenvalue weighted by Crippen LogP contribution is -2.28. The molecule has 0 aliphatic carbocycles. The quantitative estimate of drug-likeness (QED) is 0.938. The maximum absolute atomic E-state index is 12.5. The van der Waals surface area contributed by atoms with E-state index in [-0.39, 0.29) is 24.2 Å². The number of nitrogens with zero attached hydrogens (tertiary/aromatic N) is 1. The Hall–Kier alpha value is -2.62. The fourth-order valence-corrected chi connectivity index (χ4v) is 3.11. The second-order valence-electron chi connectivity index (χ2n) is 6.55. The molecule has 1 atom stereocenters. The molecule has 1 heterocycles. The topological polar surface area (TPSA) is 49.4 Å². The van der Waals surface area contributed by atoms with Crippen LogP contribution >= 0.6 is 0 Å². The number of carbonyl (C=O) groups is 2. The number of amides is 2. The number of hydrogen-bond acceptors (Lipinski definition) is 2. The van der Waals surface area contributed by atoms with Gasteiger partial charge in [-0.2, -0.15) is 0 Å². The first-order valence-electron chi connectivity index (χ1n) is 8.19. The molecule has 2 amide bonds. The lowest BCUT2D eigenvalue weighted by atomic mass is 10.1. The Morgan fingerprint density at radius 2 is 1.71 bits per heavy atom. The number of anilines is 2. The molecule has 0 saturated carbocycles. The van der Waals surface area contributed by atoms with Crippen LogP contribution in [-0.4, -0.2) is 18.4 Å². The molecule has 0 unspecified atom stereocenters. The Morgan fingerprint density at radius 3 is 2.38 bits per heavy atom. The van der Waals surface area contributed by atoms with Crippen molar-refractivity contribution in [3.8, 4) is 0 Å². The first-order valence-corrected chi connectivity index (χ1v) is 8.19. The highest BCUT2D eigenvalue weighted by atomic mass is 16.2. The SMILES string of the molecule is Cc1ccc(NC(=O)[C@H]2CC(=O)N(c3ccc(C)cc3C)C2)cc1. The second-order valence-corrected chi connectivity index (χ2v) is 6.55. The number of hydrogen-bond donors (Lipinski definition) is 1. The van der Waals surface area contributed by atoms with Gasteiger partial charge in [0.15, 0.2) is 0 Å². The molecule has 0 radical (unpaired) electrons. The van der Waals surface area contributed by atoms with E-state index >= 15 is 0 Å². The van der Waals surface area contributed by atoms with E-state index in [9.17, 15) is 9.59 Å². The predicted molar refractivity (Wildman–Crippen MR) is 96.2 cm³/mol. The highest BCUT2D eigenvalue weighted by Crippen LogP contribution is 2.29. The van der Waals surface area contributed by atoms with E-state index in [1.165, 1.54) is 0 Å². The van der Waals surface area contributed by atoms with Gasteiger partial charge in [0, 0.05) is 24.3 Å². The standard InChI is InChI=1S/C20H22N2O2/c1-13-4-7-17(8-5-13)21-20(24)16-11-19(23)22(12-16)18-9-6-14(2)10-15(18)3/h4-10,16H,11-12H2,1-3H3,(H,21,24)/t16-/m0/s1. The molecule has 1 aliphatic rings. The van der Waals surface area contributed by atoms with Crippen LogP contribution in [0.25, 0.3) is 0 Å². The Kier molecular flexibility index (Phi) is 4.38. The van der Waals surface area contributed by atoms with Gasteiger partial charge in [-0.1, -0.05) is 35.4 Å². The van der Waals surface area contributed by atoms with E-state index in [0.717, 1.165) is 28.1 Å². The van der Waals surface area contributed by atoms with E-state index in [2.05, 4.69) is 11.4 Å². The molecule has 1 fully saturated rings. The molecule has 4 heteroatoms. The monoisotopic (exact) mass is 322 g/mol. The Morgan fingerprint density at radius 1 is 1.04 bits per heavy atom. The third-order valence-electron chi connectivity index (χ3n) is 4.46. The van der Waals surface area contributed by atoms with Crippen molar-refractivity contribution in [2.45, 2.75) is 27.2 Å². The van der Waals surface area contributed by atoms with Gasteiger partial charge in [-0.15, -0.1) is 0 Å². The summed E-state index contributed by atoms with van der Waals surface area (Å²) in [5, 5.41) is 2.91. The molecule has 1 saturated heterocycles. The summed E-state index contributed by atoms with van der Waals surface area (Å²) < 4.78 is 0. The van der Waals surface area contributed by atoms with Crippen LogP contribution in [0.2, 0.25) is 0 Å². The van der Waals surface area contributed by atoms with Crippen LogP contribution in [0, 0.1) is 26.7 Å². The second kappa shape index (κ2) is 6.48. The van der Waals surface area contributed by atoms with Crippen molar-refractivity contribution in [3.05, 3.63) is 59.2 Å². The summed E-state index contributed by atoms with van der Waals surface area (Å²) in [6.45, 7) is 6.46. The average Bonchev–Trinajstić information content (AvgIpc) is 2.91. The maximum Gasteiger partial charge on any atom is 0.229 e. The van der Waals surface area contributed by atoms with Gasteiger partial charge in [-0.3, -0.25) is 9.59 Å². The number of nitrogens with one attached hydrogen (secondary N) is 1. The van der Waals surface area contributed by atoms with Gasteiger partial charge in [-0.25, -0.2) is 0 Å². The summed E-state index contributed by atoms with van der Waals surface area (Å²) in [6, 6.07) is 13.7. The summed E-state index contributed by atoms with van der Waals surface area (Å²) >= 11 is 0. The molecule has 4 nitrogen and oxygen atoms in total. The zero-order valence-electron chi connectivity index (χ0n) is 14.3. The molecular weight excluding hydrogens is 300 g/mol. The van der Waals surface area contributed by atoms with Gasteiger partial charge in [-0.05, 0) is 44.5 Å². The Balaban J connectivity index is 1.72. The van der Waals surface area contributed by atoms with Crippen LogP contribution in [-0.2, 0) is 9.59 Å². The molecule has 0 bridgehead atoms. The molecule has 2 aromatic carbocycles. The van der Waals surface area contributed by atoms with Crippen LogP contribution in [0.1, 0.15) is 23.1 Å². The van der Waals surface area contributed by atoms with Gasteiger partial charge in [0.1, 0.15) is 0 Å². The van der Waals surface area contributed by atoms with Crippen LogP contribution in [0.4, 0.5) is 11.4 Å². The van der Waals surface area contributed by atoms with Crippen molar-refractivity contribution >= 4 is 23.2 Å². The molecule has 24 heavy (non-hydrogen) atoms. The maximum atomic E-state index is 12.5. The highest BCUT2D eigenvalue weighted by molar-refractivity contribution is 6.03. The van der Waals surface area contributed by atoms with Crippen LogP contribution < -0.4 is 10.2 Å². The summed E-state index contributed by atoms with van der Waals surface area (Å²) in [6.07, 6.45) is 0.255. The largest absolute Gasteiger partial charge is 0.326 e. The number of aryl methyl sites for hydroxylation is 3. The highest BCUT2D eigenvalue weighted by Gasteiger charge is 2.35. The third kappa shape index (κ3) is 3.32. The molecule has 2 aromatic rings. The van der Waals surface area contributed by atoms with Crippen molar-refractivity contribution in [1.29, 1.82) is 0 Å². The van der Waals surface area contributed by atoms with Gasteiger partial charge in [0.05, 0.1) is 5.92 Å². The summed E-state index contributed by atoms with van der Waals surface area (Å²) in [5.41, 5.74) is 5.03. The minimum Gasteiger partial charge on any atom is -0.326 e. The van der Waals surface area contributed by atoms with Crippen molar-refractivity contribution in [3.63, 3.8) is 0 Å². The molecule has 0 aromatic heterocycles. The fourth-order valence-electron chi connectivity index (χ4n) is 3.11. The molecule has 124 valence electrons. The molecule has 1 aliphatic heterocycles. The first-order chi connectivity index (χ1) is 11.4. The van der Waals surface area contributed by atoms with Crippen LogP contribution in [0.5, 0.6) is 0 Å². The van der Waals surface area contributed by atoms with Crippen molar-refractivity contribution in [1.82, 2.24) is 0 Å². The zero-order valence-corrected chi connectivity index (χ0v) is 14.3. The molecular formula is C20H22N2O2. The van der Waals surface area contributed by atoms with E-state index in [1.807, 2.05) is 57.2 Å². The number of benzene rings is 2. The van der Waals surface area contributed by atoms with Gasteiger partial charge in [0.2, 0.25) is 11.8 Å². The average molecular weight is 322 g/mol. The lowest BCUT2D eigenvalue weighted by molar-refractivity contribution is -0.122. The van der Waals surface area contributed by atoms with Crippen LogP contribution in [0.15, 0.2) is 42.5 Å². The summed E-state index contributed by atoms with van der Waals surface area (Å²) in [7, 11) is 0. The lowest BCUT2D eigenvalue weighted by Gasteiger charge is -2.19. The normalized spacial score (nSPS) is 17.2. The summed E-state index contributed by atoms with van der Waals surface area (Å²) in [4.78, 5) is 26.6.